The number of hydrogen-bond donors (Lipinski definition) is 1. The zero-order chi connectivity index (χ0) is 12.6. The van der Waals surface area contributed by atoms with Gasteiger partial charge in [0.15, 0.2) is 0 Å². The topological polar surface area (TPSA) is 75.4 Å². The number of carbonyl (C=O) groups is 2. The molecule has 1 unspecified atom stereocenters. The van der Waals surface area contributed by atoms with E-state index in [0.29, 0.717) is 30.8 Å². The molecule has 1 aromatic heterocycles. The van der Waals surface area contributed by atoms with Crippen LogP contribution in [0.3, 0.4) is 0 Å². The number of amides is 1. The first kappa shape index (κ1) is 11.6. The molecule has 1 fully saturated rings. The third kappa shape index (κ3) is 2.15. The van der Waals surface area contributed by atoms with Crippen LogP contribution in [-0.4, -0.2) is 44.8 Å². The number of hydrogen-bond acceptors (Lipinski definition) is 3. The summed E-state index contributed by atoms with van der Waals surface area (Å²) >= 11 is 0. The summed E-state index contributed by atoms with van der Waals surface area (Å²) in [6.45, 7) is 2.57. The number of aromatic nitrogens is 2. The third-order valence-corrected chi connectivity index (χ3v) is 3.07. The van der Waals surface area contributed by atoms with E-state index in [1.54, 1.807) is 29.7 Å². The van der Waals surface area contributed by atoms with E-state index in [2.05, 4.69) is 5.10 Å². The normalized spacial score (nSPS) is 19.6. The average molecular weight is 237 g/mol. The highest BCUT2D eigenvalue weighted by Crippen LogP contribution is 2.19. The van der Waals surface area contributed by atoms with Crippen molar-refractivity contribution in [3.63, 3.8) is 0 Å². The molecule has 1 aromatic rings. The van der Waals surface area contributed by atoms with E-state index in [-0.39, 0.29) is 5.91 Å². The number of likely N-dealkylation sites (tertiary alicyclic amines) is 1. The van der Waals surface area contributed by atoms with Gasteiger partial charge in [0.1, 0.15) is 0 Å². The predicted molar refractivity (Wildman–Crippen MR) is 59.6 cm³/mol. The van der Waals surface area contributed by atoms with Crippen LogP contribution in [0.25, 0.3) is 0 Å². The molecule has 0 bridgehead atoms. The Hall–Kier alpha value is -1.85. The molecule has 0 aliphatic carbocycles. The molecule has 1 N–H and O–H groups in total. The van der Waals surface area contributed by atoms with Crippen LogP contribution < -0.4 is 0 Å². The molecule has 0 saturated carbocycles. The van der Waals surface area contributed by atoms with Crippen LogP contribution in [0.1, 0.15) is 22.5 Å². The zero-order valence-corrected chi connectivity index (χ0v) is 9.88. The molecule has 0 aromatic carbocycles. The predicted octanol–water partition coefficient (Wildman–Crippen LogP) is 0.275. The lowest BCUT2D eigenvalue weighted by Gasteiger charge is -2.14. The smallest absolute Gasteiger partial charge is 0.308 e. The van der Waals surface area contributed by atoms with Crippen LogP contribution in [0.15, 0.2) is 6.20 Å². The molecule has 1 aliphatic rings. The molecule has 0 radical (unpaired) electrons. The van der Waals surface area contributed by atoms with Crippen LogP contribution in [0.4, 0.5) is 0 Å². The van der Waals surface area contributed by atoms with E-state index in [9.17, 15) is 9.59 Å². The van der Waals surface area contributed by atoms with E-state index in [0.717, 1.165) is 0 Å². The highest BCUT2D eigenvalue weighted by atomic mass is 16.4. The number of carbonyl (C=O) groups excluding carboxylic acids is 1. The Kier molecular flexibility index (Phi) is 2.87. The minimum absolute atomic E-state index is 0.126. The Balaban J connectivity index is 2.12. The van der Waals surface area contributed by atoms with Crippen molar-refractivity contribution in [3.05, 3.63) is 17.5 Å². The van der Waals surface area contributed by atoms with Crippen LogP contribution in [0, 0.1) is 12.8 Å². The average Bonchev–Trinajstić information content (AvgIpc) is 2.84. The largest absolute Gasteiger partial charge is 0.481 e. The van der Waals surface area contributed by atoms with Gasteiger partial charge in [0.05, 0.1) is 17.2 Å². The molecule has 6 nitrogen and oxygen atoms in total. The molecule has 6 heteroatoms. The Morgan fingerprint density at radius 1 is 1.53 bits per heavy atom. The van der Waals surface area contributed by atoms with Gasteiger partial charge in [0.25, 0.3) is 5.91 Å². The van der Waals surface area contributed by atoms with E-state index in [1.807, 2.05) is 0 Å². The van der Waals surface area contributed by atoms with Crippen molar-refractivity contribution < 1.29 is 14.7 Å². The van der Waals surface area contributed by atoms with Crippen molar-refractivity contribution in [2.24, 2.45) is 13.0 Å². The number of carboxylic acid groups (broad SMARTS) is 1. The second kappa shape index (κ2) is 4.20. The van der Waals surface area contributed by atoms with E-state index < -0.39 is 11.9 Å². The minimum atomic E-state index is -0.830. The van der Waals surface area contributed by atoms with Gasteiger partial charge in [-0.2, -0.15) is 5.10 Å². The summed E-state index contributed by atoms with van der Waals surface area (Å²) in [5, 5.41) is 13.0. The Morgan fingerprint density at radius 2 is 2.24 bits per heavy atom. The van der Waals surface area contributed by atoms with Gasteiger partial charge in [-0.15, -0.1) is 0 Å². The number of rotatable bonds is 2. The summed E-state index contributed by atoms with van der Waals surface area (Å²) in [4.78, 5) is 24.5. The Morgan fingerprint density at radius 3 is 2.71 bits per heavy atom. The Bertz CT molecular complexity index is 467. The molecule has 0 spiro atoms. The molecule has 1 aliphatic heterocycles. The van der Waals surface area contributed by atoms with Crippen LogP contribution in [0.2, 0.25) is 0 Å². The Labute approximate surface area is 98.8 Å². The van der Waals surface area contributed by atoms with Crippen molar-refractivity contribution in [2.45, 2.75) is 13.3 Å². The molecule has 1 atom stereocenters. The third-order valence-electron chi connectivity index (χ3n) is 3.07. The molecule has 1 amide bonds. The van der Waals surface area contributed by atoms with Crippen molar-refractivity contribution in [1.82, 2.24) is 14.7 Å². The maximum absolute atomic E-state index is 12.1. The summed E-state index contributed by atoms with van der Waals surface area (Å²) < 4.78 is 1.59. The monoisotopic (exact) mass is 237 g/mol. The number of aryl methyl sites for hydroxylation is 2. The summed E-state index contributed by atoms with van der Waals surface area (Å²) in [5.41, 5.74) is 1.23. The van der Waals surface area contributed by atoms with Crippen LogP contribution >= 0.6 is 0 Å². The van der Waals surface area contributed by atoms with Crippen LogP contribution in [0.5, 0.6) is 0 Å². The molecule has 92 valence electrons. The van der Waals surface area contributed by atoms with Gasteiger partial charge in [0, 0.05) is 26.3 Å². The first-order chi connectivity index (χ1) is 7.99. The van der Waals surface area contributed by atoms with Crippen molar-refractivity contribution in [1.29, 1.82) is 0 Å². The molecule has 2 rings (SSSR count). The maximum atomic E-state index is 12.1. The highest BCUT2D eigenvalue weighted by Gasteiger charge is 2.32. The SMILES string of the molecule is Cc1nn(C)cc1C(=O)N1CCC(C(=O)O)C1. The van der Waals surface area contributed by atoms with E-state index in [1.165, 1.54) is 0 Å². The zero-order valence-electron chi connectivity index (χ0n) is 9.88. The molecular formula is C11H15N3O3. The highest BCUT2D eigenvalue weighted by molar-refractivity contribution is 5.95. The van der Waals surface area contributed by atoms with Gasteiger partial charge in [-0.25, -0.2) is 0 Å². The van der Waals surface area contributed by atoms with Crippen molar-refractivity contribution in [2.75, 3.05) is 13.1 Å². The quantitative estimate of drug-likeness (QED) is 0.801. The summed E-state index contributed by atoms with van der Waals surface area (Å²) in [6.07, 6.45) is 2.20. The summed E-state index contributed by atoms with van der Waals surface area (Å²) in [5.74, 6) is -1.39. The fraction of sp³-hybridized carbons (Fsp3) is 0.545. The number of nitrogens with zero attached hydrogens (tertiary/aromatic N) is 3. The minimum Gasteiger partial charge on any atom is -0.481 e. The molecule has 1 saturated heterocycles. The van der Waals surface area contributed by atoms with E-state index in [4.69, 9.17) is 5.11 Å². The van der Waals surface area contributed by atoms with Gasteiger partial charge in [-0.1, -0.05) is 0 Å². The van der Waals surface area contributed by atoms with Crippen LogP contribution in [-0.2, 0) is 11.8 Å². The summed E-state index contributed by atoms with van der Waals surface area (Å²) in [6, 6.07) is 0. The van der Waals surface area contributed by atoms with Gasteiger partial charge >= 0.3 is 5.97 Å². The fourth-order valence-electron chi connectivity index (χ4n) is 2.13. The van der Waals surface area contributed by atoms with Gasteiger partial charge < -0.3 is 10.0 Å². The molecule has 17 heavy (non-hydrogen) atoms. The maximum Gasteiger partial charge on any atom is 0.308 e. The van der Waals surface area contributed by atoms with Crippen molar-refractivity contribution in [3.8, 4) is 0 Å². The molecule has 2 heterocycles. The van der Waals surface area contributed by atoms with Crippen molar-refractivity contribution >= 4 is 11.9 Å². The lowest BCUT2D eigenvalue weighted by Crippen LogP contribution is -2.30. The second-order valence-electron chi connectivity index (χ2n) is 4.38. The standard InChI is InChI=1S/C11H15N3O3/c1-7-9(6-13(2)12-7)10(15)14-4-3-8(5-14)11(16)17/h6,8H,3-5H2,1-2H3,(H,16,17). The molecular weight excluding hydrogens is 222 g/mol. The summed E-state index contributed by atoms with van der Waals surface area (Å²) in [7, 11) is 1.76. The second-order valence-corrected chi connectivity index (χ2v) is 4.38. The first-order valence-corrected chi connectivity index (χ1v) is 5.51. The fourth-order valence-corrected chi connectivity index (χ4v) is 2.13. The lowest BCUT2D eigenvalue weighted by molar-refractivity contribution is -0.141. The van der Waals surface area contributed by atoms with E-state index >= 15 is 0 Å². The number of carboxylic acids is 1. The van der Waals surface area contributed by atoms with Gasteiger partial charge in [0.2, 0.25) is 0 Å². The lowest BCUT2D eigenvalue weighted by atomic mass is 10.1. The number of aliphatic carboxylic acids is 1. The van der Waals surface area contributed by atoms with Gasteiger partial charge in [-0.05, 0) is 13.3 Å². The first-order valence-electron chi connectivity index (χ1n) is 5.51. The van der Waals surface area contributed by atoms with Gasteiger partial charge in [-0.3, -0.25) is 14.3 Å².